The van der Waals surface area contributed by atoms with E-state index in [1.165, 1.54) is 6.07 Å². The highest BCUT2D eigenvalue weighted by Gasteiger charge is 2.10. The van der Waals surface area contributed by atoms with Crippen LogP contribution in [0.25, 0.3) is 0 Å². The van der Waals surface area contributed by atoms with Gasteiger partial charge in [-0.1, -0.05) is 51.3 Å². The summed E-state index contributed by atoms with van der Waals surface area (Å²) in [5.41, 5.74) is 0.723. The number of para-hydroxylation sites is 1. The molecule has 2 rings (SSSR count). The van der Waals surface area contributed by atoms with E-state index in [0.717, 1.165) is 5.56 Å². The molecule has 1 nitrogen and oxygen atoms in total. The van der Waals surface area contributed by atoms with E-state index in [1.54, 1.807) is 30.3 Å². The minimum absolute atomic E-state index is 0.188. The molecule has 0 aliphatic rings. The van der Waals surface area contributed by atoms with E-state index in [0.29, 0.717) is 21.1 Å². The molecule has 0 saturated carbocycles. The maximum Gasteiger partial charge on any atom is 0.167 e. The van der Waals surface area contributed by atoms with Gasteiger partial charge in [0.25, 0.3) is 0 Å². The summed E-state index contributed by atoms with van der Waals surface area (Å²) in [6, 6.07) is 9.55. The van der Waals surface area contributed by atoms with Crippen LogP contribution in [0.15, 0.2) is 36.4 Å². The van der Waals surface area contributed by atoms with Crippen molar-refractivity contribution in [2.24, 2.45) is 0 Å². The molecule has 18 heavy (non-hydrogen) atoms. The lowest BCUT2D eigenvalue weighted by Gasteiger charge is -2.11. The van der Waals surface area contributed by atoms with Crippen molar-refractivity contribution >= 4 is 39.1 Å². The average Bonchev–Trinajstić information content (AvgIpc) is 2.36. The molecule has 0 spiro atoms. The summed E-state index contributed by atoms with van der Waals surface area (Å²) in [6.45, 7) is 0. The van der Waals surface area contributed by atoms with Crippen molar-refractivity contribution in [3.05, 3.63) is 57.8 Å². The van der Waals surface area contributed by atoms with Gasteiger partial charge in [0, 0.05) is 17.0 Å². The average molecular weight is 350 g/mol. The first-order chi connectivity index (χ1) is 8.61. The number of hydrogen-bond acceptors (Lipinski definition) is 1. The lowest BCUT2D eigenvalue weighted by Crippen LogP contribution is -1.93. The summed E-state index contributed by atoms with van der Waals surface area (Å²) >= 11 is 15.0. The smallest absolute Gasteiger partial charge is 0.167 e. The number of hydrogen-bond donors (Lipinski definition) is 0. The Labute approximate surface area is 123 Å². The first-order valence-electron chi connectivity index (χ1n) is 5.08. The molecule has 5 heteroatoms. The van der Waals surface area contributed by atoms with Crippen molar-refractivity contribution < 1.29 is 9.13 Å². The van der Waals surface area contributed by atoms with E-state index in [1.807, 2.05) is 0 Å². The van der Waals surface area contributed by atoms with Crippen LogP contribution in [0, 0.1) is 5.82 Å². The summed E-state index contributed by atoms with van der Waals surface area (Å²) in [4.78, 5) is 0. The van der Waals surface area contributed by atoms with Crippen molar-refractivity contribution in [1.82, 2.24) is 0 Å². The van der Waals surface area contributed by atoms with Gasteiger partial charge in [0.15, 0.2) is 11.6 Å². The fourth-order valence-corrected chi connectivity index (χ4v) is 2.16. The molecule has 0 bridgehead atoms. The van der Waals surface area contributed by atoms with Crippen LogP contribution in [0.2, 0.25) is 10.0 Å². The standard InChI is InChI=1S/C13H8BrCl2FO/c14-7-8-2-1-3-12(17)13(8)18-9-4-5-10(15)11(16)6-9/h1-6H,7H2. The van der Waals surface area contributed by atoms with Crippen LogP contribution in [0.5, 0.6) is 11.5 Å². The van der Waals surface area contributed by atoms with Gasteiger partial charge in [-0.25, -0.2) is 4.39 Å². The molecule has 0 radical (unpaired) electrons. The summed E-state index contributed by atoms with van der Waals surface area (Å²) < 4.78 is 19.2. The van der Waals surface area contributed by atoms with Gasteiger partial charge in [-0.05, 0) is 18.2 Å². The molecule has 2 aromatic carbocycles. The van der Waals surface area contributed by atoms with Crippen LogP contribution in [-0.4, -0.2) is 0 Å². The number of benzene rings is 2. The van der Waals surface area contributed by atoms with Crippen LogP contribution < -0.4 is 4.74 Å². The molecular weight excluding hydrogens is 342 g/mol. The summed E-state index contributed by atoms with van der Waals surface area (Å²) in [6.07, 6.45) is 0. The Morgan fingerprint density at radius 2 is 1.89 bits per heavy atom. The Bertz CT molecular complexity index is 575. The Balaban J connectivity index is 2.36. The topological polar surface area (TPSA) is 9.23 Å². The third-order valence-corrected chi connectivity index (χ3v) is 3.65. The SMILES string of the molecule is Fc1cccc(CBr)c1Oc1ccc(Cl)c(Cl)c1. The van der Waals surface area contributed by atoms with Crippen LogP contribution in [-0.2, 0) is 5.33 Å². The first kappa shape index (κ1) is 13.7. The van der Waals surface area contributed by atoms with Gasteiger partial charge in [0.1, 0.15) is 5.75 Å². The Hall–Kier alpha value is -0.770. The molecule has 94 valence electrons. The Morgan fingerprint density at radius 1 is 1.11 bits per heavy atom. The largest absolute Gasteiger partial charge is 0.454 e. The monoisotopic (exact) mass is 348 g/mol. The maximum absolute atomic E-state index is 13.7. The lowest BCUT2D eigenvalue weighted by atomic mass is 10.2. The van der Waals surface area contributed by atoms with Crippen molar-refractivity contribution in [2.75, 3.05) is 0 Å². The molecule has 0 saturated heterocycles. The third kappa shape index (κ3) is 2.97. The molecule has 0 N–H and O–H groups in total. The van der Waals surface area contributed by atoms with Crippen molar-refractivity contribution in [1.29, 1.82) is 0 Å². The molecule has 0 amide bonds. The molecular formula is C13H8BrCl2FO. The second-order valence-corrected chi connectivity index (χ2v) is 4.91. The van der Waals surface area contributed by atoms with Gasteiger partial charge in [-0.3, -0.25) is 0 Å². The van der Waals surface area contributed by atoms with Gasteiger partial charge in [0.2, 0.25) is 0 Å². The predicted molar refractivity (Wildman–Crippen MR) is 75.6 cm³/mol. The molecule has 0 heterocycles. The zero-order valence-corrected chi connectivity index (χ0v) is 12.2. The van der Waals surface area contributed by atoms with E-state index < -0.39 is 5.82 Å². The minimum Gasteiger partial charge on any atom is -0.454 e. The second-order valence-electron chi connectivity index (χ2n) is 3.54. The van der Waals surface area contributed by atoms with Crippen molar-refractivity contribution in [2.45, 2.75) is 5.33 Å². The van der Waals surface area contributed by atoms with E-state index in [-0.39, 0.29) is 5.75 Å². The van der Waals surface area contributed by atoms with Crippen LogP contribution in [0.1, 0.15) is 5.56 Å². The minimum atomic E-state index is -0.418. The number of rotatable bonds is 3. The molecule has 0 atom stereocenters. The van der Waals surface area contributed by atoms with Gasteiger partial charge in [0.05, 0.1) is 10.0 Å². The molecule has 2 aromatic rings. The lowest BCUT2D eigenvalue weighted by molar-refractivity contribution is 0.438. The first-order valence-corrected chi connectivity index (χ1v) is 6.96. The zero-order valence-electron chi connectivity index (χ0n) is 9.09. The van der Waals surface area contributed by atoms with E-state index in [2.05, 4.69) is 15.9 Å². The number of ether oxygens (including phenoxy) is 1. The summed E-state index contributed by atoms with van der Waals surface area (Å²) in [5, 5.41) is 1.30. The highest BCUT2D eigenvalue weighted by molar-refractivity contribution is 9.08. The molecule has 0 aromatic heterocycles. The molecule has 0 fully saturated rings. The summed E-state index contributed by atoms with van der Waals surface area (Å²) in [7, 11) is 0. The number of halogens is 4. The predicted octanol–water partition coefficient (Wildman–Crippen LogP) is 5.82. The fourth-order valence-electron chi connectivity index (χ4n) is 1.43. The van der Waals surface area contributed by atoms with Crippen LogP contribution >= 0.6 is 39.1 Å². The molecule has 0 aliphatic carbocycles. The Morgan fingerprint density at radius 3 is 2.56 bits per heavy atom. The quantitative estimate of drug-likeness (QED) is 0.634. The van der Waals surface area contributed by atoms with Crippen LogP contribution in [0.3, 0.4) is 0 Å². The molecule has 0 unspecified atom stereocenters. The van der Waals surface area contributed by atoms with E-state index in [4.69, 9.17) is 27.9 Å². The molecule has 0 aliphatic heterocycles. The maximum atomic E-state index is 13.7. The zero-order chi connectivity index (χ0) is 13.1. The highest BCUT2D eigenvalue weighted by atomic mass is 79.9. The fraction of sp³-hybridized carbons (Fsp3) is 0.0769. The van der Waals surface area contributed by atoms with Gasteiger partial charge in [-0.2, -0.15) is 0 Å². The normalized spacial score (nSPS) is 10.4. The van der Waals surface area contributed by atoms with Crippen LogP contribution in [0.4, 0.5) is 4.39 Å². The second kappa shape index (κ2) is 5.91. The number of alkyl halides is 1. The van der Waals surface area contributed by atoms with E-state index in [9.17, 15) is 4.39 Å². The van der Waals surface area contributed by atoms with Crippen molar-refractivity contribution in [3.8, 4) is 11.5 Å². The van der Waals surface area contributed by atoms with Gasteiger partial charge < -0.3 is 4.74 Å². The van der Waals surface area contributed by atoms with Crippen molar-refractivity contribution in [3.63, 3.8) is 0 Å². The Kier molecular flexibility index (Phi) is 4.49. The van der Waals surface area contributed by atoms with E-state index >= 15 is 0 Å². The van der Waals surface area contributed by atoms with Gasteiger partial charge >= 0.3 is 0 Å². The third-order valence-electron chi connectivity index (χ3n) is 2.30. The highest BCUT2D eigenvalue weighted by Crippen LogP contribution is 2.33. The van der Waals surface area contributed by atoms with Gasteiger partial charge in [-0.15, -0.1) is 0 Å². The summed E-state index contributed by atoms with van der Waals surface area (Å²) in [5.74, 6) is 0.211.